The van der Waals surface area contributed by atoms with Crippen molar-refractivity contribution in [3.05, 3.63) is 77.7 Å². The highest BCUT2D eigenvalue weighted by molar-refractivity contribution is 5.82. The second kappa shape index (κ2) is 7.55. The summed E-state index contributed by atoms with van der Waals surface area (Å²) in [6.07, 6.45) is 2.19. The summed E-state index contributed by atoms with van der Waals surface area (Å²) >= 11 is 0. The van der Waals surface area contributed by atoms with Gasteiger partial charge in [-0.25, -0.2) is 9.18 Å². The van der Waals surface area contributed by atoms with Crippen molar-refractivity contribution in [1.82, 2.24) is 15.6 Å². The molecule has 0 fully saturated rings. The van der Waals surface area contributed by atoms with Crippen LogP contribution in [0.3, 0.4) is 0 Å². The number of carbonyl (C=O) groups is 1. The van der Waals surface area contributed by atoms with E-state index < -0.39 is 0 Å². The highest BCUT2D eigenvalue weighted by atomic mass is 19.1. The summed E-state index contributed by atoms with van der Waals surface area (Å²) in [6.45, 7) is 0.764. The Morgan fingerprint density at radius 1 is 0.958 bits per heavy atom. The van der Waals surface area contributed by atoms with Gasteiger partial charge in [-0.2, -0.15) is 0 Å². The fourth-order valence-corrected chi connectivity index (χ4v) is 2.56. The number of nitrogens with zero attached hydrogens (tertiary/aromatic N) is 1. The molecule has 2 aromatic carbocycles. The molecule has 0 radical (unpaired) electrons. The number of pyridine rings is 1. The minimum absolute atomic E-state index is 0.249. The lowest BCUT2D eigenvalue weighted by molar-refractivity contribution is 0.240. The van der Waals surface area contributed by atoms with Gasteiger partial charge in [0, 0.05) is 24.7 Å². The van der Waals surface area contributed by atoms with Gasteiger partial charge in [0.1, 0.15) is 5.82 Å². The highest BCUT2D eigenvalue weighted by Crippen LogP contribution is 2.15. The zero-order chi connectivity index (χ0) is 16.8. The van der Waals surface area contributed by atoms with Gasteiger partial charge in [-0.05, 0) is 29.7 Å². The lowest BCUT2D eigenvalue weighted by Gasteiger charge is -2.09. The van der Waals surface area contributed by atoms with Gasteiger partial charge < -0.3 is 10.6 Å². The van der Waals surface area contributed by atoms with Crippen molar-refractivity contribution in [2.75, 3.05) is 6.54 Å². The average molecular weight is 323 g/mol. The van der Waals surface area contributed by atoms with Gasteiger partial charge in [0.05, 0.1) is 5.52 Å². The summed E-state index contributed by atoms with van der Waals surface area (Å²) in [5.74, 6) is -0.249. The second-order valence-electron chi connectivity index (χ2n) is 5.44. The predicted octanol–water partition coefficient (Wildman–Crippen LogP) is 3.42. The maximum absolute atomic E-state index is 13.5. The number of urea groups is 1. The predicted molar refractivity (Wildman–Crippen MR) is 92.1 cm³/mol. The van der Waals surface area contributed by atoms with E-state index in [0.717, 1.165) is 16.5 Å². The number of rotatable bonds is 5. The number of halogens is 1. The van der Waals surface area contributed by atoms with Gasteiger partial charge >= 0.3 is 6.03 Å². The summed E-state index contributed by atoms with van der Waals surface area (Å²) in [5.41, 5.74) is 2.43. The van der Waals surface area contributed by atoms with Crippen molar-refractivity contribution in [2.45, 2.75) is 13.0 Å². The number of benzene rings is 2. The van der Waals surface area contributed by atoms with Crippen LogP contribution >= 0.6 is 0 Å². The van der Waals surface area contributed by atoms with E-state index in [0.29, 0.717) is 25.1 Å². The molecule has 3 rings (SSSR count). The summed E-state index contributed by atoms with van der Waals surface area (Å²) < 4.78 is 13.5. The molecule has 122 valence electrons. The van der Waals surface area contributed by atoms with E-state index in [1.807, 2.05) is 30.3 Å². The number of fused-ring (bicyclic) bond motifs is 1. The first-order valence-corrected chi connectivity index (χ1v) is 7.82. The molecule has 0 aliphatic heterocycles. The number of carbonyl (C=O) groups excluding carboxylic acids is 1. The van der Waals surface area contributed by atoms with Gasteiger partial charge in [-0.1, -0.05) is 42.5 Å². The van der Waals surface area contributed by atoms with Crippen molar-refractivity contribution in [1.29, 1.82) is 0 Å². The highest BCUT2D eigenvalue weighted by Gasteiger charge is 2.05. The molecule has 5 heteroatoms. The monoisotopic (exact) mass is 323 g/mol. The van der Waals surface area contributed by atoms with Crippen molar-refractivity contribution in [3.63, 3.8) is 0 Å². The average Bonchev–Trinajstić information content (AvgIpc) is 2.61. The van der Waals surface area contributed by atoms with E-state index in [9.17, 15) is 9.18 Å². The van der Waals surface area contributed by atoms with Crippen LogP contribution in [-0.4, -0.2) is 17.6 Å². The minimum atomic E-state index is -0.278. The molecule has 2 N–H and O–H groups in total. The maximum Gasteiger partial charge on any atom is 0.315 e. The molecule has 0 aliphatic carbocycles. The van der Waals surface area contributed by atoms with E-state index >= 15 is 0 Å². The Hall–Kier alpha value is -2.95. The molecule has 0 spiro atoms. The van der Waals surface area contributed by atoms with Crippen molar-refractivity contribution >= 4 is 16.9 Å². The molecule has 0 unspecified atom stereocenters. The molecule has 4 nitrogen and oxygen atoms in total. The first kappa shape index (κ1) is 15.9. The Morgan fingerprint density at radius 2 is 1.75 bits per heavy atom. The third-order valence-electron chi connectivity index (χ3n) is 3.79. The molecule has 0 bridgehead atoms. The molecular formula is C19H18FN3O. The molecular weight excluding hydrogens is 305 g/mol. The molecule has 0 saturated heterocycles. The SMILES string of the molecule is O=C(NCCc1ccccc1F)NCc1cccc2cccnc12. The lowest BCUT2D eigenvalue weighted by Crippen LogP contribution is -2.36. The third-order valence-corrected chi connectivity index (χ3v) is 3.79. The zero-order valence-electron chi connectivity index (χ0n) is 13.1. The summed E-state index contributed by atoms with van der Waals surface area (Å²) in [7, 11) is 0. The normalized spacial score (nSPS) is 10.5. The van der Waals surface area contributed by atoms with E-state index in [4.69, 9.17) is 0 Å². The third kappa shape index (κ3) is 3.87. The molecule has 0 saturated carbocycles. The van der Waals surface area contributed by atoms with Crippen LogP contribution in [0.4, 0.5) is 9.18 Å². The topological polar surface area (TPSA) is 54.0 Å². The van der Waals surface area contributed by atoms with E-state index in [-0.39, 0.29) is 11.8 Å². The summed E-state index contributed by atoms with van der Waals surface area (Å²) in [5, 5.41) is 6.59. The number of para-hydroxylation sites is 1. The van der Waals surface area contributed by atoms with Crippen LogP contribution in [0.5, 0.6) is 0 Å². The summed E-state index contributed by atoms with van der Waals surface area (Å²) in [6, 6.07) is 16.0. The van der Waals surface area contributed by atoms with Crippen LogP contribution in [0.15, 0.2) is 60.8 Å². The second-order valence-corrected chi connectivity index (χ2v) is 5.44. The van der Waals surface area contributed by atoms with Gasteiger partial charge in [-0.15, -0.1) is 0 Å². The number of hydrogen-bond donors (Lipinski definition) is 2. The Morgan fingerprint density at radius 3 is 2.62 bits per heavy atom. The fraction of sp³-hybridized carbons (Fsp3) is 0.158. The Kier molecular flexibility index (Phi) is 5.01. The van der Waals surface area contributed by atoms with Crippen LogP contribution in [0.2, 0.25) is 0 Å². The quantitative estimate of drug-likeness (QED) is 0.756. The van der Waals surface area contributed by atoms with Crippen LogP contribution in [-0.2, 0) is 13.0 Å². The smallest absolute Gasteiger partial charge is 0.315 e. The molecule has 1 aromatic heterocycles. The Labute approximate surface area is 139 Å². The minimum Gasteiger partial charge on any atom is -0.338 e. The first-order valence-electron chi connectivity index (χ1n) is 7.82. The lowest BCUT2D eigenvalue weighted by atomic mass is 10.1. The van der Waals surface area contributed by atoms with Crippen molar-refractivity contribution in [3.8, 4) is 0 Å². The fourth-order valence-electron chi connectivity index (χ4n) is 2.56. The van der Waals surface area contributed by atoms with Crippen LogP contribution < -0.4 is 10.6 Å². The van der Waals surface area contributed by atoms with Gasteiger partial charge in [0.25, 0.3) is 0 Å². The Balaban J connectivity index is 1.51. The number of amides is 2. The van der Waals surface area contributed by atoms with Crippen LogP contribution in [0.25, 0.3) is 10.9 Å². The standard InChI is InChI=1S/C19H18FN3O/c20-17-9-2-1-5-14(17)10-12-22-19(24)23-13-16-7-3-6-15-8-4-11-21-18(15)16/h1-9,11H,10,12-13H2,(H2,22,23,24). The molecule has 0 aliphatic rings. The van der Waals surface area contributed by atoms with Gasteiger partial charge in [0.15, 0.2) is 0 Å². The van der Waals surface area contributed by atoms with Gasteiger partial charge in [0.2, 0.25) is 0 Å². The van der Waals surface area contributed by atoms with E-state index in [1.54, 1.807) is 24.4 Å². The summed E-state index contributed by atoms with van der Waals surface area (Å²) in [4.78, 5) is 16.2. The molecule has 3 aromatic rings. The van der Waals surface area contributed by atoms with Crippen LogP contribution in [0.1, 0.15) is 11.1 Å². The van der Waals surface area contributed by atoms with Gasteiger partial charge in [-0.3, -0.25) is 4.98 Å². The Bertz CT molecular complexity index is 845. The molecule has 2 amide bonds. The maximum atomic E-state index is 13.5. The van der Waals surface area contributed by atoms with Crippen molar-refractivity contribution < 1.29 is 9.18 Å². The number of aromatic nitrogens is 1. The molecule has 1 heterocycles. The first-order chi connectivity index (χ1) is 11.7. The van der Waals surface area contributed by atoms with Crippen LogP contribution in [0, 0.1) is 5.82 Å². The molecule has 0 atom stereocenters. The van der Waals surface area contributed by atoms with E-state index in [1.165, 1.54) is 6.07 Å². The zero-order valence-corrected chi connectivity index (χ0v) is 13.1. The molecule has 24 heavy (non-hydrogen) atoms. The number of nitrogens with one attached hydrogen (secondary N) is 2. The van der Waals surface area contributed by atoms with Crippen molar-refractivity contribution in [2.24, 2.45) is 0 Å². The van der Waals surface area contributed by atoms with E-state index in [2.05, 4.69) is 15.6 Å². The largest absolute Gasteiger partial charge is 0.338 e. The number of hydrogen-bond acceptors (Lipinski definition) is 2.